The minimum Gasteiger partial charge on any atom is -0.357 e. The predicted molar refractivity (Wildman–Crippen MR) is 112 cm³/mol. The van der Waals surface area contributed by atoms with Crippen LogP contribution in [0.25, 0.3) is 0 Å². The monoisotopic (exact) mass is 384 g/mol. The van der Waals surface area contributed by atoms with Crippen molar-refractivity contribution in [1.29, 1.82) is 0 Å². The molecule has 0 spiro atoms. The van der Waals surface area contributed by atoms with Gasteiger partial charge in [-0.2, -0.15) is 11.8 Å². The summed E-state index contributed by atoms with van der Waals surface area (Å²) in [7, 11) is 1.60. The normalized spacial score (nSPS) is 11.7. The highest BCUT2D eigenvalue weighted by Crippen LogP contribution is 2.16. The van der Waals surface area contributed by atoms with Crippen molar-refractivity contribution in [3.63, 3.8) is 0 Å². The van der Waals surface area contributed by atoms with Crippen molar-refractivity contribution in [2.24, 2.45) is 0 Å². The number of likely N-dealkylation sites (N-methyl/N-ethyl adjacent to an activating group) is 1. The fourth-order valence-corrected chi connectivity index (χ4v) is 3.76. The maximum atomic E-state index is 12.8. The Morgan fingerprint density at radius 2 is 1.78 bits per heavy atom. The molecule has 144 valence electrons. The van der Waals surface area contributed by atoms with E-state index in [1.165, 1.54) is 5.56 Å². The number of rotatable bonds is 9. The van der Waals surface area contributed by atoms with Crippen LogP contribution in [0.2, 0.25) is 0 Å². The van der Waals surface area contributed by atoms with Crippen molar-refractivity contribution in [1.82, 2.24) is 10.2 Å². The van der Waals surface area contributed by atoms with Crippen molar-refractivity contribution in [2.75, 3.05) is 12.8 Å². The van der Waals surface area contributed by atoms with Crippen molar-refractivity contribution < 1.29 is 9.59 Å². The molecule has 0 bridgehead atoms. The van der Waals surface area contributed by atoms with Gasteiger partial charge in [0.15, 0.2) is 0 Å². The number of thioether (sulfide) groups is 1. The van der Waals surface area contributed by atoms with Crippen LogP contribution in [-0.2, 0) is 21.9 Å². The Morgan fingerprint density at radius 3 is 2.44 bits per heavy atom. The number of benzene rings is 2. The van der Waals surface area contributed by atoms with Crippen molar-refractivity contribution in [2.45, 2.75) is 38.6 Å². The lowest BCUT2D eigenvalue weighted by molar-refractivity contribution is -0.140. The fraction of sp³-hybridized carbons (Fsp3) is 0.364. The molecule has 5 heteroatoms. The molecule has 1 atom stereocenters. The highest BCUT2D eigenvalue weighted by atomic mass is 32.2. The number of hydrogen-bond donors (Lipinski definition) is 1. The van der Waals surface area contributed by atoms with Gasteiger partial charge < -0.3 is 10.2 Å². The number of amides is 2. The minimum absolute atomic E-state index is 0.00756. The lowest BCUT2D eigenvalue weighted by Crippen LogP contribution is -2.46. The van der Waals surface area contributed by atoms with Gasteiger partial charge in [0, 0.05) is 31.5 Å². The summed E-state index contributed by atoms with van der Waals surface area (Å²) in [5.74, 6) is 1.48. The molecule has 0 aliphatic carbocycles. The number of hydrogen-bond acceptors (Lipinski definition) is 3. The standard InChI is InChI=1S/C22H28N2O2S/c1-17-8-7-11-20(14-17)15-24(18(2)22(26)23-3)21(25)12-13-27-16-19-9-5-4-6-10-19/h4-11,14,18H,12-13,15-16H2,1-3H3,(H,23,26). The summed E-state index contributed by atoms with van der Waals surface area (Å²) in [6, 6.07) is 17.8. The average molecular weight is 385 g/mol. The average Bonchev–Trinajstić information content (AvgIpc) is 2.69. The van der Waals surface area contributed by atoms with Gasteiger partial charge in [0.2, 0.25) is 11.8 Å². The van der Waals surface area contributed by atoms with Gasteiger partial charge in [-0.15, -0.1) is 0 Å². The molecule has 2 amide bonds. The quantitative estimate of drug-likeness (QED) is 0.670. The lowest BCUT2D eigenvalue weighted by Gasteiger charge is -2.28. The third-order valence-electron chi connectivity index (χ3n) is 4.42. The first-order valence-corrected chi connectivity index (χ1v) is 10.3. The van der Waals surface area contributed by atoms with E-state index >= 15 is 0 Å². The Hall–Kier alpha value is -2.27. The van der Waals surface area contributed by atoms with Gasteiger partial charge in [-0.05, 0) is 25.0 Å². The minimum atomic E-state index is -0.498. The van der Waals surface area contributed by atoms with Gasteiger partial charge >= 0.3 is 0 Å². The highest BCUT2D eigenvalue weighted by molar-refractivity contribution is 7.98. The summed E-state index contributed by atoms with van der Waals surface area (Å²) in [6.07, 6.45) is 0.421. The topological polar surface area (TPSA) is 49.4 Å². The third-order valence-corrected chi connectivity index (χ3v) is 5.45. The van der Waals surface area contributed by atoms with Crippen LogP contribution in [0.5, 0.6) is 0 Å². The first kappa shape index (κ1) is 21.0. The van der Waals surface area contributed by atoms with Crippen LogP contribution in [0.1, 0.15) is 30.0 Å². The molecule has 0 radical (unpaired) electrons. The predicted octanol–water partition coefficient (Wildman–Crippen LogP) is 3.78. The summed E-state index contributed by atoms with van der Waals surface area (Å²) >= 11 is 1.74. The van der Waals surface area contributed by atoms with Crippen LogP contribution in [0.4, 0.5) is 0 Å². The summed E-state index contributed by atoms with van der Waals surface area (Å²) < 4.78 is 0. The van der Waals surface area contributed by atoms with Gasteiger partial charge in [0.05, 0.1) is 0 Å². The van der Waals surface area contributed by atoms with Crippen LogP contribution in [0.3, 0.4) is 0 Å². The van der Waals surface area contributed by atoms with E-state index in [0.29, 0.717) is 13.0 Å². The molecular weight excluding hydrogens is 356 g/mol. The molecule has 0 aromatic heterocycles. The largest absolute Gasteiger partial charge is 0.357 e. The number of carbonyl (C=O) groups excluding carboxylic acids is 2. The lowest BCUT2D eigenvalue weighted by atomic mass is 10.1. The first-order chi connectivity index (χ1) is 13.0. The maximum absolute atomic E-state index is 12.8. The molecule has 0 saturated carbocycles. The van der Waals surface area contributed by atoms with Gasteiger partial charge in [0.1, 0.15) is 6.04 Å². The Morgan fingerprint density at radius 1 is 1.07 bits per heavy atom. The molecule has 0 fully saturated rings. The van der Waals surface area contributed by atoms with Crippen LogP contribution >= 0.6 is 11.8 Å². The van der Waals surface area contributed by atoms with E-state index in [0.717, 1.165) is 22.6 Å². The number of aryl methyl sites for hydroxylation is 1. The zero-order valence-corrected chi connectivity index (χ0v) is 17.1. The molecule has 0 aliphatic rings. The van der Waals surface area contributed by atoms with Crippen LogP contribution < -0.4 is 5.32 Å². The Labute approximate surface area is 166 Å². The van der Waals surface area contributed by atoms with E-state index in [1.54, 1.807) is 30.6 Å². The molecule has 2 aromatic rings. The van der Waals surface area contributed by atoms with E-state index in [-0.39, 0.29) is 11.8 Å². The Kier molecular flexibility index (Phi) is 8.40. The molecule has 0 saturated heterocycles. The third kappa shape index (κ3) is 6.75. The molecule has 4 nitrogen and oxygen atoms in total. The number of nitrogens with zero attached hydrogens (tertiary/aromatic N) is 1. The molecule has 1 unspecified atom stereocenters. The SMILES string of the molecule is CNC(=O)C(C)N(Cc1cccc(C)c1)C(=O)CCSCc1ccccc1. The molecule has 1 N–H and O–H groups in total. The molecule has 27 heavy (non-hydrogen) atoms. The van der Waals surface area contributed by atoms with Crippen molar-refractivity contribution in [3.05, 3.63) is 71.3 Å². The van der Waals surface area contributed by atoms with E-state index in [4.69, 9.17) is 0 Å². The van der Waals surface area contributed by atoms with E-state index in [2.05, 4.69) is 23.5 Å². The Bertz CT molecular complexity index is 749. The maximum Gasteiger partial charge on any atom is 0.242 e. The zero-order chi connectivity index (χ0) is 19.6. The zero-order valence-electron chi connectivity index (χ0n) is 16.3. The van der Waals surface area contributed by atoms with Crippen molar-refractivity contribution >= 4 is 23.6 Å². The van der Waals surface area contributed by atoms with E-state index < -0.39 is 6.04 Å². The van der Waals surface area contributed by atoms with Gasteiger partial charge in [-0.25, -0.2) is 0 Å². The molecular formula is C22H28N2O2S. The molecule has 0 heterocycles. The van der Waals surface area contributed by atoms with Crippen LogP contribution in [0.15, 0.2) is 54.6 Å². The van der Waals surface area contributed by atoms with E-state index in [9.17, 15) is 9.59 Å². The smallest absolute Gasteiger partial charge is 0.242 e. The molecule has 2 aromatic carbocycles. The summed E-state index contributed by atoms with van der Waals surface area (Å²) in [5, 5.41) is 2.65. The first-order valence-electron chi connectivity index (χ1n) is 9.19. The number of carbonyl (C=O) groups is 2. The van der Waals surface area contributed by atoms with E-state index in [1.807, 2.05) is 43.3 Å². The Balaban J connectivity index is 1.96. The number of nitrogens with one attached hydrogen (secondary N) is 1. The molecule has 0 aliphatic heterocycles. The summed E-state index contributed by atoms with van der Waals surface area (Å²) in [5.41, 5.74) is 3.44. The van der Waals surface area contributed by atoms with Gasteiger partial charge in [-0.3, -0.25) is 9.59 Å². The second-order valence-corrected chi connectivity index (χ2v) is 7.69. The highest BCUT2D eigenvalue weighted by Gasteiger charge is 2.25. The van der Waals surface area contributed by atoms with Gasteiger partial charge in [0.25, 0.3) is 0 Å². The summed E-state index contributed by atoms with van der Waals surface area (Å²) in [4.78, 5) is 26.6. The van der Waals surface area contributed by atoms with Gasteiger partial charge in [-0.1, -0.05) is 60.2 Å². The molecule has 2 rings (SSSR count). The second kappa shape index (κ2) is 10.8. The second-order valence-electron chi connectivity index (χ2n) is 6.59. The van der Waals surface area contributed by atoms with Crippen molar-refractivity contribution in [3.8, 4) is 0 Å². The van der Waals surface area contributed by atoms with Crippen LogP contribution in [0, 0.1) is 6.92 Å². The summed E-state index contributed by atoms with van der Waals surface area (Å²) in [6.45, 7) is 4.25. The van der Waals surface area contributed by atoms with Crippen LogP contribution in [-0.4, -0.2) is 35.6 Å². The fourth-order valence-electron chi connectivity index (χ4n) is 2.87.